The van der Waals surface area contributed by atoms with Crippen molar-refractivity contribution in [3.8, 4) is 0 Å². The number of esters is 1. The molecule has 4 rings (SSSR count). The second kappa shape index (κ2) is 10.3. The minimum atomic E-state index is -0.809. The minimum absolute atomic E-state index is 0.0874. The molecule has 2 fully saturated rings. The van der Waals surface area contributed by atoms with E-state index in [9.17, 15) is 24.0 Å². The van der Waals surface area contributed by atoms with Crippen LogP contribution in [0.3, 0.4) is 0 Å². The molecule has 0 aromatic heterocycles. The maximum Gasteiger partial charge on any atom is 0.338 e. The molecule has 10 heteroatoms. The Morgan fingerprint density at radius 2 is 1.69 bits per heavy atom. The summed E-state index contributed by atoms with van der Waals surface area (Å²) in [6.07, 6.45) is 2.26. The van der Waals surface area contributed by atoms with Gasteiger partial charge in [0, 0.05) is 10.6 Å². The van der Waals surface area contributed by atoms with Gasteiger partial charge in [0.2, 0.25) is 11.8 Å². The molecule has 1 aliphatic carbocycles. The number of rotatable bonds is 5. The third-order valence-corrected chi connectivity index (χ3v) is 6.54. The Kier molecular flexibility index (Phi) is 7.16. The molecule has 3 atom stereocenters. The largest absolute Gasteiger partial charge is 0.452 e. The molecule has 35 heavy (non-hydrogen) atoms. The summed E-state index contributed by atoms with van der Waals surface area (Å²) in [6, 6.07) is 12.0. The summed E-state index contributed by atoms with van der Waals surface area (Å²) in [6.45, 7) is 1.43. The summed E-state index contributed by atoms with van der Waals surface area (Å²) < 4.78 is 5.02. The summed E-state index contributed by atoms with van der Waals surface area (Å²) in [5.74, 6) is -2.87. The van der Waals surface area contributed by atoms with Gasteiger partial charge in [-0.2, -0.15) is 0 Å². The van der Waals surface area contributed by atoms with Crippen LogP contribution in [-0.2, 0) is 19.1 Å². The molecule has 1 aliphatic heterocycles. The van der Waals surface area contributed by atoms with Gasteiger partial charge >= 0.3 is 5.97 Å². The van der Waals surface area contributed by atoms with E-state index in [-0.39, 0.29) is 34.8 Å². The van der Waals surface area contributed by atoms with Gasteiger partial charge in [-0.15, -0.1) is 0 Å². The number of fused-ring (bicyclic) bond motifs is 1. The van der Waals surface area contributed by atoms with E-state index in [0.717, 1.165) is 11.3 Å². The summed E-state index contributed by atoms with van der Waals surface area (Å²) >= 11 is 5.77. The quantitative estimate of drug-likeness (QED) is 0.372. The van der Waals surface area contributed by atoms with Gasteiger partial charge in [-0.3, -0.25) is 34.9 Å². The number of anilines is 1. The average molecular weight is 498 g/mol. The van der Waals surface area contributed by atoms with Crippen LogP contribution in [0.15, 0.2) is 48.5 Å². The van der Waals surface area contributed by atoms with E-state index in [1.807, 2.05) is 0 Å². The van der Waals surface area contributed by atoms with Crippen LogP contribution in [0.4, 0.5) is 5.69 Å². The highest BCUT2D eigenvalue weighted by atomic mass is 35.5. The Morgan fingerprint density at radius 1 is 0.971 bits per heavy atom. The van der Waals surface area contributed by atoms with Crippen molar-refractivity contribution in [2.75, 3.05) is 11.5 Å². The van der Waals surface area contributed by atoms with E-state index in [1.165, 1.54) is 36.4 Å². The minimum Gasteiger partial charge on any atom is -0.452 e. The molecule has 2 aliphatic rings. The molecule has 1 heterocycles. The fraction of sp³-hybridized carbons (Fsp3) is 0.320. The summed E-state index contributed by atoms with van der Waals surface area (Å²) in [7, 11) is 0. The third-order valence-electron chi connectivity index (χ3n) is 6.28. The van der Waals surface area contributed by atoms with Gasteiger partial charge in [0.25, 0.3) is 11.8 Å². The van der Waals surface area contributed by atoms with Crippen molar-refractivity contribution in [3.63, 3.8) is 0 Å². The predicted molar refractivity (Wildman–Crippen MR) is 126 cm³/mol. The normalized spacial score (nSPS) is 21.3. The first-order chi connectivity index (χ1) is 16.7. The van der Waals surface area contributed by atoms with Gasteiger partial charge < -0.3 is 4.74 Å². The van der Waals surface area contributed by atoms with Crippen LogP contribution < -0.4 is 15.8 Å². The van der Waals surface area contributed by atoms with Crippen molar-refractivity contribution < 1.29 is 28.7 Å². The summed E-state index contributed by atoms with van der Waals surface area (Å²) in [5.41, 5.74) is 5.04. The Balaban J connectivity index is 1.33. The number of benzene rings is 2. The van der Waals surface area contributed by atoms with Gasteiger partial charge in [0.05, 0.1) is 23.1 Å². The lowest BCUT2D eigenvalue weighted by atomic mass is 9.76. The SMILES string of the molecule is C[C@@H]1CC[C@H]2C(=O)N(c3cccc(C(=O)OCC(=O)NNC(=O)c4ccc(Cl)cc4)c3)C(=O)[C@H]2C1. The molecule has 4 amide bonds. The molecular formula is C25H24ClN3O6. The van der Waals surface area contributed by atoms with Crippen LogP contribution in [0.1, 0.15) is 46.9 Å². The first kappa shape index (κ1) is 24.4. The molecule has 0 unspecified atom stereocenters. The van der Waals surface area contributed by atoms with Crippen LogP contribution in [0.5, 0.6) is 0 Å². The fourth-order valence-electron chi connectivity index (χ4n) is 4.47. The number of nitrogens with zero attached hydrogens (tertiary/aromatic N) is 1. The zero-order valence-corrected chi connectivity index (χ0v) is 19.7. The zero-order valence-electron chi connectivity index (χ0n) is 19.0. The maximum atomic E-state index is 12.9. The number of hydrazine groups is 1. The highest BCUT2D eigenvalue weighted by molar-refractivity contribution is 6.30. The lowest BCUT2D eigenvalue weighted by Gasteiger charge is -2.25. The molecule has 9 nitrogen and oxygen atoms in total. The standard InChI is InChI=1S/C25H24ClN3O6/c1-14-5-10-19-20(11-14)24(33)29(23(19)32)18-4-2-3-16(12-18)25(34)35-13-21(30)27-28-22(31)15-6-8-17(26)9-7-15/h2-4,6-9,12,14,19-20H,5,10-11,13H2,1H3,(H,27,30)(H,28,31)/t14-,19-,20+/m1/s1. The molecule has 2 aromatic rings. The second-order valence-corrected chi connectivity index (χ2v) is 9.22. The monoisotopic (exact) mass is 497 g/mol. The van der Waals surface area contributed by atoms with Crippen molar-refractivity contribution in [1.29, 1.82) is 0 Å². The molecule has 0 spiro atoms. The van der Waals surface area contributed by atoms with E-state index >= 15 is 0 Å². The van der Waals surface area contributed by atoms with E-state index < -0.39 is 24.4 Å². The number of ether oxygens (including phenoxy) is 1. The maximum absolute atomic E-state index is 12.9. The molecule has 0 bridgehead atoms. The Morgan fingerprint density at radius 3 is 2.43 bits per heavy atom. The van der Waals surface area contributed by atoms with Gasteiger partial charge in [-0.1, -0.05) is 24.6 Å². The highest BCUT2D eigenvalue weighted by Crippen LogP contribution is 2.42. The van der Waals surface area contributed by atoms with E-state index in [1.54, 1.807) is 12.1 Å². The number of amides is 4. The van der Waals surface area contributed by atoms with Crippen LogP contribution in [-0.4, -0.2) is 36.2 Å². The number of hydrogen-bond donors (Lipinski definition) is 2. The van der Waals surface area contributed by atoms with Gasteiger partial charge in [0.1, 0.15) is 0 Å². The Hall–Kier alpha value is -3.72. The number of imide groups is 1. The van der Waals surface area contributed by atoms with Crippen molar-refractivity contribution in [2.24, 2.45) is 17.8 Å². The lowest BCUT2D eigenvalue weighted by Crippen LogP contribution is -2.43. The van der Waals surface area contributed by atoms with Crippen LogP contribution in [0.25, 0.3) is 0 Å². The van der Waals surface area contributed by atoms with Crippen LogP contribution >= 0.6 is 11.6 Å². The molecule has 0 radical (unpaired) electrons. The smallest absolute Gasteiger partial charge is 0.338 e. The predicted octanol–water partition coefficient (Wildman–Crippen LogP) is 2.88. The fourth-order valence-corrected chi connectivity index (χ4v) is 4.59. The average Bonchev–Trinajstić information content (AvgIpc) is 3.10. The van der Waals surface area contributed by atoms with Crippen molar-refractivity contribution in [1.82, 2.24) is 10.9 Å². The topological polar surface area (TPSA) is 122 Å². The zero-order chi connectivity index (χ0) is 25.1. The molecule has 1 saturated carbocycles. The van der Waals surface area contributed by atoms with Gasteiger partial charge in [-0.25, -0.2) is 4.79 Å². The van der Waals surface area contributed by atoms with Gasteiger partial charge in [-0.05, 0) is 67.6 Å². The molecule has 2 aromatic carbocycles. The van der Waals surface area contributed by atoms with Crippen molar-refractivity contribution in [3.05, 3.63) is 64.7 Å². The molecular weight excluding hydrogens is 474 g/mol. The lowest BCUT2D eigenvalue weighted by molar-refractivity contribution is -0.125. The molecule has 182 valence electrons. The highest BCUT2D eigenvalue weighted by Gasteiger charge is 2.50. The second-order valence-electron chi connectivity index (χ2n) is 8.78. The summed E-state index contributed by atoms with van der Waals surface area (Å²) in [4.78, 5) is 63.4. The first-order valence-electron chi connectivity index (χ1n) is 11.2. The number of hydrogen-bond acceptors (Lipinski definition) is 6. The van der Waals surface area contributed by atoms with Crippen molar-refractivity contribution in [2.45, 2.75) is 26.2 Å². The molecule has 1 saturated heterocycles. The summed E-state index contributed by atoms with van der Waals surface area (Å²) in [5, 5.41) is 0.466. The van der Waals surface area contributed by atoms with E-state index in [2.05, 4.69) is 17.8 Å². The van der Waals surface area contributed by atoms with Crippen LogP contribution in [0.2, 0.25) is 5.02 Å². The first-order valence-corrected chi connectivity index (χ1v) is 11.6. The number of nitrogens with one attached hydrogen (secondary N) is 2. The number of carbonyl (C=O) groups is 5. The van der Waals surface area contributed by atoms with E-state index in [0.29, 0.717) is 29.5 Å². The number of carbonyl (C=O) groups excluding carboxylic acids is 5. The Labute approximate surface area is 206 Å². The third kappa shape index (κ3) is 5.35. The Bertz CT molecular complexity index is 1180. The number of halogens is 1. The van der Waals surface area contributed by atoms with Crippen LogP contribution in [0, 0.1) is 17.8 Å². The van der Waals surface area contributed by atoms with Crippen molar-refractivity contribution >= 4 is 46.9 Å². The molecule has 2 N–H and O–H groups in total. The van der Waals surface area contributed by atoms with E-state index in [4.69, 9.17) is 16.3 Å². The van der Waals surface area contributed by atoms with Gasteiger partial charge in [0.15, 0.2) is 6.61 Å².